The molecule has 0 amide bonds. The number of aryl methyl sites for hydroxylation is 1. The number of carboxylic acids is 1. The molecular formula is C11H8ClN3O2S. The maximum atomic E-state index is 11.1. The largest absolute Gasteiger partial charge is 0.478 e. The Morgan fingerprint density at radius 1 is 1.33 bits per heavy atom. The van der Waals surface area contributed by atoms with Gasteiger partial charge in [0.05, 0.1) is 5.56 Å². The standard InChI is InChI=1S/C11H8ClN3O2S/c1-6-4-5-13-11(14-6)18-9-7(10(16)17)2-3-8(12)15-9/h2-5H,1H3,(H,16,17). The van der Waals surface area contributed by atoms with Crippen LogP contribution in [0.5, 0.6) is 0 Å². The molecule has 0 unspecified atom stereocenters. The Morgan fingerprint density at radius 2 is 2.11 bits per heavy atom. The van der Waals surface area contributed by atoms with Crippen molar-refractivity contribution in [3.05, 3.63) is 40.8 Å². The molecule has 7 heteroatoms. The van der Waals surface area contributed by atoms with Gasteiger partial charge in [0.15, 0.2) is 5.16 Å². The zero-order chi connectivity index (χ0) is 13.1. The van der Waals surface area contributed by atoms with Crippen molar-refractivity contribution >= 4 is 29.3 Å². The average molecular weight is 282 g/mol. The first-order chi connectivity index (χ1) is 8.56. The highest BCUT2D eigenvalue weighted by atomic mass is 35.5. The molecule has 18 heavy (non-hydrogen) atoms. The molecule has 0 aliphatic carbocycles. The minimum atomic E-state index is -1.06. The minimum Gasteiger partial charge on any atom is -0.478 e. The molecule has 0 spiro atoms. The van der Waals surface area contributed by atoms with Crippen LogP contribution in [0.2, 0.25) is 5.15 Å². The van der Waals surface area contributed by atoms with E-state index in [0.29, 0.717) is 5.16 Å². The van der Waals surface area contributed by atoms with E-state index in [-0.39, 0.29) is 15.7 Å². The van der Waals surface area contributed by atoms with Crippen LogP contribution < -0.4 is 0 Å². The molecule has 2 aromatic rings. The van der Waals surface area contributed by atoms with Gasteiger partial charge in [0.2, 0.25) is 0 Å². The highest BCUT2D eigenvalue weighted by molar-refractivity contribution is 7.99. The number of nitrogens with zero attached hydrogens (tertiary/aromatic N) is 3. The molecule has 5 nitrogen and oxygen atoms in total. The third-order valence-electron chi connectivity index (χ3n) is 2.02. The number of rotatable bonds is 3. The van der Waals surface area contributed by atoms with Gasteiger partial charge in [-0.15, -0.1) is 0 Å². The van der Waals surface area contributed by atoms with Crippen LogP contribution in [0.3, 0.4) is 0 Å². The smallest absolute Gasteiger partial charge is 0.338 e. The summed E-state index contributed by atoms with van der Waals surface area (Å²) in [6.45, 7) is 1.83. The first kappa shape index (κ1) is 12.8. The maximum Gasteiger partial charge on any atom is 0.338 e. The Bertz CT molecular complexity index is 607. The lowest BCUT2D eigenvalue weighted by atomic mass is 10.3. The number of carboxylic acid groups (broad SMARTS) is 1. The van der Waals surface area contributed by atoms with Crippen molar-refractivity contribution in [2.45, 2.75) is 17.1 Å². The number of halogens is 1. The topological polar surface area (TPSA) is 76.0 Å². The molecule has 1 N–H and O–H groups in total. The van der Waals surface area contributed by atoms with Gasteiger partial charge in [-0.1, -0.05) is 11.6 Å². The maximum absolute atomic E-state index is 11.1. The predicted octanol–water partition coefficient (Wildman–Crippen LogP) is 2.68. The summed E-state index contributed by atoms with van der Waals surface area (Å²) >= 11 is 6.83. The highest BCUT2D eigenvalue weighted by Gasteiger charge is 2.14. The number of aromatic nitrogens is 3. The SMILES string of the molecule is Cc1ccnc(Sc2nc(Cl)ccc2C(=O)O)n1. The highest BCUT2D eigenvalue weighted by Crippen LogP contribution is 2.27. The van der Waals surface area contributed by atoms with E-state index >= 15 is 0 Å². The van der Waals surface area contributed by atoms with Gasteiger partial charge < -0.3 is 5.11 Å². The summed E-state index contributed by atoms with van der Waals surface area (Å²) in [7, 11) is 0. The van der Waals surface area contributed by atoms with E-state index in [1.807, 2.05) is 6.92 Å². The molecule has 0 fully saturated rings. The van der Waals surface area contributed by atoms with E-state index in [9.17, 15) is 4.79 Å². The molecule has 2 heterocycles. The lowest BCUT2D eigenvalue weighted by molar-refractivity contribution is 0.0692. The number of hydrogen-bond acceptors (Lipinski definition) is 5. The normalized spacial score (nSPS) is 10.3. The molecule has 92 valence electrons. The molecule has 0 saturated heterocycles. The third kappa shape index (κ3) is 2.96. The molecule has 2 rings (SSSR count). The van der Waals surface area contributed by atoms with Crippen LogP contribution >= 0.6 is 23.4 Å². The second kappa shape index (κ2) is 5.32. The predicted molar refractivity (Wildman–Crippen MR) is 67.1 cm³/mol. The first-order valence-electron chi connectivity index (χ1n) is 4.93. The summed E-state index contributed by atoms with van der Waals surface area (Å²) in [5.74, 6) is -1.06. The minimum absolute atomic E-state index is 0.0782. The van der Waals surface area contributed by atoms with Crippen molar-refractivity contribution in [2.75, 3.05) is 0 Å². The summed E-state index contributed by atoms with van der Waals surface area (Å²) < 4.78 is 0. The number of hydrogen-bond donors (Lipinski definition) is 1. The van der Waals surface area contributed by atoms with Crippen LogP contribution in [0, 0.1) is 6.92 Å². The number of aromatic carboxylic acids is 1. The molecule has 0 aromatic carbocycles. The molecule has 0 saturated carbocycles. The van der Waals surface area contributed by atoms with E-state index in [1.54, 1.807) is 12.3 Å². The molecular weight excluding hydrogens is 274 g/mol. The van der Waals surface area contributed by atoms with Gasteiger partial charge in [-0.3, -0.25) is 0 Å². The van der Waals surface area contributed by atoms with Crippen molar-refractivity contribution in [3.8, 4) is 0 Å². The Kier molecular flexibility index (Phi) is 3.78. The quantitative estimate of drug-likeness (QED) is 0.688. The van der Waals surface area contributed by atoms with Gasteiger partial charge in [-0.05, 0) is 36.9 Å². The molecule has 0 atom stereocenters. The third-order valence-corrected chi connectivity index (χ3v) is 3.11. The van der Waals surface area contributed by atoms with Gasteiger partial charge >= 0.3 is 5.97 Å². The summed E-state index contributed by atoms with van der Waals surface area (Å²) in [6, 6.07) is 4.61. The first-order valence-corrected chi connectivity index (χ1v) is 6.13. The Morgan fingerprint density at radius 3 is 2.78 bits per heavy atom. The fourth-order valence-corrected chi connectivity index (χ4v) is 2.30. The van der Waals surface area contributed by atoms with Gasteiger partial charge in [-0.25, -0.2) is 19.7 Å². The summed E-state index contributed by atoms with van der Waals surface area (Å²) in [6.07, 6.45) is 1.61. The van der Waals surface area contributed by atoms with Crippen LogP contribution in [0.15, 0.2) is 34.6 Å². The monoisotopic (exact) mass is 281 g/mol. The summed E-state index contributed by atoms with van der Waals surface area (Å²) in [4.78, 5) is 23.3. The Hall–Kier alpha value is -1.66. The van der Waals surface area contributed by atoms with Crippen molar-refractivity contribution in [2.24, 2.45) is 0 Å². The van der Waals surface area contributed by atoms with Crippen molar-refractivity contribution < 1.29 is 9.90 Å². The fraction of sp³-hybridized carbons (Fsp3) is 0.0909. The molecule has 0 bridgehead atoms. The van der Waals surface area contributed by atoms with Crippen LogP contribution in [-0.2, 0) is 0 Å². The van der Waals surface area contributed by atoms with Crippen LogP contribution in [0.25, 0.3) is 0 Å². The van der Waals surface area contributed by atoms with E-state index in [1.165, 1.54) is 12.1 Å². The second-order valence-electron chi connectivity index (χ2n) is 3.37. The van der Waals surface area contributed by atoms with Crippen LogP contribution in [-0.4, -0.2) is 26.0 Å². The molecule has 0 radical (unpaired) electrons. The van der Waals surface area contributed by atoms with Gasteiger partial charge in [0.25, 0.3) is 0 Å². The lowest BCUT2D eigenvalue weighted by Crippen LogP contribution is -2.01. The summed E-state index contributed by atoms with van der Waals surface area (Å²) in [5, 5.41) is 10.00. The number of pyridine rings is 1. The van der Waals surface area contributed by atoms with E-state index in [2.05, 4.69) is 15.0 Å². The molecule has 0 aliphatic rings. The van der Waals surface area contributed by atoms with Crippen molar-refractivity contribution in [1.29, 1.82) is 0 Å². The molecule has 0 aliphatic heterocycles. The van der Waals surface area contributed by atoms with Crippen molar-refractivity contribution in [3.63, 3.8) is 0 Å². The van der Waals surface area contributed by atoms with E-state index in [0.717, 1.165) is 17.5 Å². The lowest BCUT2D eigenvalue weighted by Gasteiger charge is -2.04. The van der Waals surface area contributed by atoms with Crippen LogP contribution in [0.1, 0.15) is 16.1 Å². The Labute approximate surface area is 112 Å². The average Bonchev–Trinajstić information content (AvgIpc) is 2.28. The van der Waals surface area contributed by atoms with E-state index in [4.69, 9.17) is 16.7 Å². The fourth-order valence-electron chi connectivity index (χ4n) is 1.22. The van der Waals surface area contributed by atoms with Crippen LogP contribution in [0.4, 0.5) is 0 Å². The second-order valence-corrected chi connectivity index (χ2v) is 4.72. The Balaban J connectivity index is 2.39. The zero-order valence-corrected chi connectivity index (χ0v) is 10.9. The van der Waals surface area contributed by atoms with Gasteiger partial charge in [0, 0.05) is 11.9 Å². The summed E-state index contributed by atoms with van der Waals surface area (Å²) in [5.41, 5.74) is 0.876. The molecule has 2 aromatic heterocycles. The van der Waals surface area contributed by atoms with E-state index < -0.39 is 5.97 Å². The van der Waals surface area contributed by atoms with Gasteiger partial charge in [-0.2, -0.15) is 0 Å². The van der Waals surface area contributed by atoms with Gasteiger partial charge in [0.1, 0.15) is 10.2 Å². The zero-order valence-electron chi connectivity index (χ0n) is 9.29. The van der Waals surface area contributed by atoms with Crippen molar-refractivity contribution in [1.82, 2.24) is 15.0 Å². The number of carbonyl (C=O) groups is 1.